The van der Waals surface area contributed by atoms with Crippen LogP contribution in [0.5, 0.6) is 5.75 Å². The summed E-state index contributed by atoms with van der Waals surface area (Å²) in [4.78, 5) is 16.2. The fraction of sp³-hybridized carbons (Fsp3) is 0.227. The van der Waals surface area contributed by atoms with Crippen LogP contribution in [-0.2, 0) is 0 Å². The van der Waals surface area contributed by atoms with Crippen molar-refractivity contribution in [2.45, 2.75) is 6.36 Å². The van der Waals surface area contributed by atoms with Crippen molar-refractivity contribution >= 4 is 17.5 Å². The Morgan fingerprint density at radius 1 is 0.875 bits per heavy atom. The number of hydrogen-bond acceptors (Lipinski definition) is 5. The summed E-state index contributed by atoms with van der Waals surface area (Å²) in [5, 5.41) is 11.3. The van der Waals surface area contributed by atoms with Gasteiger partial charge in [0.15, 0.2) is 5.82 Å². The lowest BCUT2D eigenvalue weighted by Crippen LogP contribution is -2.50. The number of carbonyl (C=O) groups excluding carboxylic acids is 1. The molecule has 0 unspecified atom stereocenters. The number of nitrogens with one attached hydrogen (secondary N) is 1. The maximum Gasteiger partial charge on any atom is 0.573 e. The van der Waals surface area contributed by atoms with E-state index in [0.29, 0.717) is 31.9 Å². The molecular formula is C22H20F3N5O2. The first-order valence-corrected chi connectivity index (χ1v) is 9.93. The monoisotopic (exact) mass is 443 g/mol. The van der Waals surface area contributed by atoms with Crippen LogP contribution in [0.2, 0.25) is 0 Å². The second-order valence-electron chi connectivity index (χ2n) is 7.12. The van der Waals surface area contributed by atoms with E-state index in [1.165, 1.54) is 12.1 Å². The molecule has 0 aliphatic carbocycles. The quantitative estimate of drug-likeness (QED) is 0.648. The highest BCUT2D eigenvalue weighted by Crippen LogP contribution is 2.24. The minimum absolute atomic E-state index is 0.320. The van der Waals surface area contributed by atoms with E-state index in [4.69, 9.17) is 0 Å². The Balaban J connectivity index is 1.29. The number of carbonyl (C=O) groups is 1. The van der Waals surface area contributed by atoms with Gasteiger partial charge in [0.2, 0.25) is 0 Å². The highest BCUT2D eigenvalue weighted by atomic mass is 19.4. The Hall–Kier alpha value is -3.82. The first-order chi connectivity index (χ1) is 15.4. The molecule has 3 aromatic rings. The van der Waals surface area contributed by atoms with E-state index >= 15 is 0 Å². The second-order valence-corrected chi connectivity index (χ2v) is 7.12. The molecule has 1 N–H and O–H groups in total. The number of alkyl halides is 3. The molecule has 32 heavy (non-hydrogen) atoms. The molecule has 0 saturated carbocycles. The van der Waals surface area contributed by atoms with Gasteiger partial charge < -0.3 is 19.9 Å². The van der Waals surface area contributed by atoms with Gasteiger partial charge in [-0.3, -0.25) is 0 Å². The molecule has 4 rings (SSSR count). The number of urea groups is 1. The number of halogens is 3. The van der Waals surface area contributed by atoms with Crippen LogP contribution >= 0.6 is 0 Å². The largest absolute Gasteiger partial charge is 0.573 e. The number of piperazine rings is 1. The van der Waals surface area contributed by atoms with Crippen LogP contribution in [0.1, 0.15) is 0 Å². The molecule has 1 saturated heterocycles. The van der Waals surface area contributed by atoms with Gasteiger partial charge >= 0.3 is 12.4 Å². The van der Waals surface area contributed by atoms with Gasteiger partial charge in [0.1, 0.15) is 5.75 Å². The van der Waals surface area contributed by atoms with E-state index in [9.17, 15) is 18.0 Å². The molecule has 1 aliphatic heterocycles. The Labute approximate surface area is 182 Å². The molecule has 0 bridgehead atoms. The van der Waals surface area contributed by atoms with Gasteiger partial charge in [0.25, 0.3) is 0 Å². The summed E-state index contributed by atoms with van der Waals surface area (Å²) >= 11 is 0. The molecule has 2 heterocycles. The second kappa shape index (κ2) is 9.13. The molecule has 0 radical (unpaired) electrons. The van der Waals surface area contributed by atoms with Crippen LogP contribution in [-0.4, -0.2) is 53.7 Å². The van der Waals surface area contributed by atoms with Crippen LogP contribution in [0.3, 0.4) is 0 Å². The van der Waals surface area contributed by atoms with Crippen molar-refractivity contribution in [1.82, 2.24) is 15.1 Å². The predicted molar refractivity (Wildman–Crippen MR) is 113 cm³/mol. The van der Waals surface area contributed by atoms with E-state index in [1.54, 1.807) is 4.90 Å². The first kappa shape index (κ1) is 21.4. The van der Waals surface area contributed by atoms with Crippen molar-refractivity contribution in [2.24, 2.45) is 0 Å². The Morgan fingerprint density at radius 2 is 1.56 bits per heavy atom. The number of ether oxygens (including phenoxy) is 1. The number of hydrogen-bond donors (Lipinski definition) is 1. The number of nitrogens with zero attached hydrogens (tertiary/aromatic N) is 4. The van der Waals surface area contributed by atoms with Gasteiger partial charge in [-0.15, -0.1) is 23.4 Å². The normalized spacial score (nSPS) is 14.2. The summed E-state index contributed by atoms with van der Waals surface area (Å²) in [5.41, 5.74) is 2.17. The summed E-state index contributed by atoms with van der Waals surface area (Å²) in [6.07, 6.45) is -4.75. The van der Waals surface area contributed by atoms with Gasteiger partial charge in [0, 0.05) is 37.4 Å². The fourth-order valence-electron chi connectivity index (χ4n) is 3.34. The third kappa shape index (κ3) is 5.45. The molecule has 0 atom stereocenters. The highest BCUT2D eigenvalue weighted by molar-refractivity contribution is 5.89. The molecule has 1 fully saturated rings. The highest BCUT2D eigenvalue weighted by Gasteiger charge is 2.31. The molecule has 10 heteroatoms. The zero-order valence-corrected chi connectivity index (χ0v) is 16.9. The average molecular weight is 443 g/mol. The summed E-state index contributed by atoms with van der Waals surface area (Å²) in [6.45, 7) is 2.13. The summed E-state index contributed by atoms with van der Waals surface area (Å²) < 4.78 is 40.5. The lowest BCUT2D eigenvalue weighted by atomic mass is 10.1. The lowest BCUT2D eigenvalue weighted by molar-refractivity contribution is -0.274. The maximum atomic E-state index is 12.5. The molecule has 1 aromatic heterocycles. The maximum absolute atomic E-state index is 12.5. The number of rotatable bonds is 4. The third-order valence-corrected chi connectivity index (χ3v) is 4.95. The van der Waals surface area contributed by atoms with E-state index < -0.39 is 6.36 Å². The average Bonchev–Trinajstić information content (AvgIpc) is 2.80. The molecule has 166 valence electrons. The number of benzene rings is 2. The van der Waals surface area contributed by atoms with Crippen LogP contribution < -0.4 is 15.0 Å². The van der Waals surface area contributed by atoms with Gasteiger partial charge in [-0.25, -0.2) is 4.79 Å². The first-order valence-electron chi connectivity index (χ1n) is 9.93. The zero-order chi connectivity index (χ0) is 22.6. The molecular weight excluding hydrogens is 423 g/mol. The Morgan fingerprint density at radius 3 is 2.16 bits per heavy atom. The Kier molecular flexibility index (Phi) is 6.11. The van der Waals surface area contributed by atoms with E-state index in [0.717, 1.165) is 29.2 Å². The molecule has 0 spiro atoms. The van der Waals surface area contributed by atoms with Crippen molar-refractivity contribution < 1.29 is 22.7 Å². The van der Waals surface area contributed by atoms with Crippen molar-refractivity contribution in [1.29, 1.82) is 0 Å². The predicted octanol–water partition coefficient (Wildman–Crippen LogP) is 4.40. The van der Waals surface area contributed by atoms with E-state index in [-0.39, 0.29) is 11.8 Å². The fourth-order valence-corrected chi connectivity index (χ4v) is 3.34. The molecule has 7 nitrogen and oxygen atoms in total. The number of amides is 2. The van der Waals surface area contributed by atoms with Crippen LogP contribution in [0.4, 0.5) is 29.5 Å². The summed E-state index contributed by atoms with van der Waals surface area (Å²) in [5.74, 6) is 0.397. The van der Waals surface area contributed by atoms with Gasteiger partial charge in [-0.1, -0.05) is 30.3 Å². The van der Waals surface area contributed by atoms with E-state index in [2.05, 4.69) is 25.2 Å². The van der Waals surface area contributed by atoms with Crippen molar-refractivity contribution in [3.63, 3.8) is 0 Å². The van der Waals surface area contributed by atoms with Gasteiger partial charge in [-0.05, 0) is 36.4 Å². The topological polar surface area (TPSA) is 70.6 Å². The SMILES string of the molecule is O=C(Nc1ccc(OC(F)(F)F)cc1)N1CCN(c2ccc(-c3ccccc3)nn2)CC1. The smallest absolute Gasteiger partial charge is 0.406 e. The van der Waals surface area contributed by atoms with Gasteiger partial charge in [-0.2, -0.15) is 0 Å². The van der Waals surface area contributed by atoms with Crippen molar-refractivity contribution in [2.75, 3.05) is 36.4 Å². The number of anilines is 2. The minimum Gasteiger partial charge on any atom is -0.406 e. The van der Waals surface area contributed by atoms with Crippen LogP contribution in [0.15, 0.2) is 66.7 Å². The standard InChI is InChI=1S/C22H20F3N5O2/c23-22(24,25)32-18-8-6-17(7-9-18)26-21(31)30-14-12-29(13-15-30)20-11-10-19(27-28-20)16-4-2-1-3-5-16/h1-11H,12-15H2,(H,26,31). The number of aromatic nitrogens is 2. The van der Waals surface area contributed by atoms with E-state index in [1.807, 2.05) is 42.5 Å². The van der Waals surface area contributed by atoms with Crippen LogP contribution in [0, 0.1) is 0 Å². The summed E-state index contributed by atoms with van der Waals surface area (Å²) in [6, 6.07) is 18.3. The zero-order valence-electron chi connectivity index (χ0n) is 16.9. The van der Waals surface area contributed by atoms with Crippen molar-refractivity contribution in [3.05, 3.63) is 66.7 Å². The molecule has 1 aliphatic rings. The Bertz CT molecular complexity index is 1040. The third-order valence-electron chi connectivity index (χ3n) is 4.95. The van der Waals surface area contributed by atoms with Gasteiger partial charge in [0.05, 0.1) is 5.69 Å². The molecule has 2 aromatic carbocycles. The molecule has 2 amide bonds. The van der Waals surface area contributed by atoms with Crippen molar-refractivity contribution in [3.8, 4) is 17.0 Å². The van der Waals surface area contributed by atoms with Crippen LogP contribution in [0.25, 0.3) is 11.3 Å². The minimum atomic E-state index is -4.75. The summed E-state index contributed by atoms with van der Waals surface area (Å²) in [7, 11) is 0. The lowest BCUT2D eigenvalue weighted by Gasteiger charge is -2.35.